The molecule has 0 aromatic heterocycles. The Hall–Kier alpha value is -0.820. The van der Waals surface area contributed by atoms with E-state index in [1.54, 1.807) is 0 Å². The number of alkyl halides is 3. The van der Waals surface area contributed by atoms with E-state index in [-0.39, 0.29) is 12.6 Å². The van der Waals surface area contributed by atoms with Crippen molar-refractivity contribution in [2.75, 3.05) is 32.7 Å². The van der Waals surface area contributed by atoms with E-state index >= 15 is 0 Å². The Morgan fingerprint density at radius 3 is 2.81 bits per heavy atom. The van der Waals surface area contributed by atoms with Gasteiger partial charge in [0.15, 0.2) is 0 Å². The van der Waals surface area contributed by atoms with E-state index in [4.69, 9.17) is 0 Å². The maximum absolute atomic E-state index is 11.8. The Morgan fingerprint density at radius 2 is 2.25 bits per heavy atom. The Bertz CT molecular complexity index is 245. The summed E-state index contributed by atoms with van der Waals surface area (Å²) in [6.45, 7) is 2.90. The van der Waals surface area contributed by atoms with Crippen LogP contribution in [0.4, 0.5) is 13.2 Å². The summed E-state index contributed by atoms with van der Waals surface area (Å²) in [5.74, 6) is -0.578. The number of hydrogen-bond donors (Lipinski definition) is 2. The van der Waals surface area contributed by atoms with Crippen LogP contribution in [-0.2, 0) is 4.79 Å². The third kappa shape index (κ3) is 4.80. The van der Waals surface area contributed by atoms with Gasteiger partial charge in [-0.3, -0.25) is 9.69 Å². The first-order valence-electron chi connectivity index (χ1n) is 5.17. The maximum Gasteiger partial charge on any atom is 0.405 e. The predicted octanol–water partition coefficient (Wildman–Crippen LogP) is -0.0414. The summed E-state index contributed by atoms with van der Waals surface area (Å²) in [5, 5.41) is 5.01. The molecule has 1 rings (SSSR count). The summed E-state index contributed by atoms with van der Waals surface area (Å²) >= 11 is 0. The molecule has 94 valence electrons. The highest BCUT2D eigenvalue weighted by Crippen LogP contribution is 2.12. The van der Waals surface area contributed by atoms with Crippen molar-refractivity contribution < 1.29 is 18.0 Å². The van der Waals surface area contributed by atoms with Crippen molar-refractivity contribution in [1.29, 1.82) is 0 Å². The summed E-state index contributed by atoms with van der Waals surface area (Å²) in [4.78, 5) is 13.1. The zero-order chi connectivity index (χ0) is 12.2. The third-order valence-electron chi connectivity index (χ3n) is 2.47. The standard InChI is InChI=1S/C9H16F3N3O/c1-7-4-13-2-3-15(7)5-8(16)14-6-9(10,11)12/h7,13H,2-6H2,1H3,(H,14,16). The predicted molar refractivity (Wildman–Crippen MR) is 53.0 cm³/mol. The topological polar surface area (TPSA) is 44.4 Å². The smallest absolute Gasteiger partial charge is 0.346 e. The van der Waals surface area contributed by atoms with Crippen molar-refractivity contribution in [3.63, 3.8) is 0 Å². The van der Waals surface area contributed by atoms with Crippen LogP contribution >= 0.6 is 0 Å². The lowest BCUT2D eigenvalue weighted by atomic mass is 10.2. The fraction of sp³-hybridized carbons (Fsp3) is 0.889. The lowest BCUT2D eigenvalue weighted by molar-refractivity contribution is -0.139. The van der Waals surface area contributed by atoms with Crippen LogP contribution in [0, 0.1) is 0 Å². The van der Waals surface area contributed by atoms with Gasteiger partial charge < -0.3 is 10.6 Å². The molecule has 1 atom stereocenters. The molecule has 1 saturated heterocycles. The molecule has 0 saturated carbocycles. The molecule has 0 bridgehead atoms. The van der Waals surface area contributed by atoms with Gasteiger partial charge in [0.25, 0.3) is 0 Å². The average molecular weight is 239 g/mol. The molecule has 1 aliphatic heterocycles. The molecule has 1 amide bonds. The Morgan fingerprint density at radius 1 is 1.56 bits per heavy atom. The van der Waals surface area contributed by atoms with Crippen molar-refractivity contribution >= 4 is 5.91 Å². The minimum atomic E-state index is -4.34. The second kappa shape index (κ2) is 5.49. The number of halogens is 3. The van der Waals surface area contributed by atoms with Gasteiger partial charge in [-0.05, 0) is 6.92 Å². The molecule has 1 heterocycles. The van der Waals surface area contributed by atoms with Crippen LogP contribution < -0.4 is 10.6 Å². The van der Waals surface area contributed by atoms with E-state index in [1.165, 1.54) is 0 Å². The fourth-order valence-corrected chi connectivity index (χ4v) is 1.56. The minimum Gasteiger partial charge on any atom is -0.346 e. The average Bonchev–Trinajstić information content (AvgIpc) is 2.18. The number of amides is 1. The van der Waals surface area contributed by atoms with Crippen LogP contribution in [-0.4, -0.2) is 55.7 Å². The van der Waals surface area contributed by atoms with Gasteiger partial charge in [-0.25, -0.2) is 0 Å². The number of piperazine rings is 1. The summed E-state index contributed by atoms with van der Waals surface area (Å²) in [6, 6.07) is 0.172. The van der Waals surface area contributed by atoms with Crippen molar-refractivity contribution in [2.24, 2.45) is 0 Å². The van der Waals surface area contributed by atoms with Crippen LogP contribution in [0.2, 0.25) is 0 Å². The first-order valence-corrected chi connectivity index (χ1v) is 5.17. The molecule has 4 nitrogen and oxygen atoms in total. The lowest BCUT2D eigenvalue weighted by Crippen LogP contribution is -2.53. The van der Waals surface area contributed by atoms with Gasteiger partial charge in [0.2, 0.25) is 5.91 Å². The quantitative estimate of drug-likeness (QED) is 0.726. The van der Waals surface area contributed by atoms with Crippen molar-refractivity contribution in [3.05, 3.63) is 0 Å². The van der Waals surface area contributed by atoms with Gasteiger partial charge in [0.1, 0.15) is 6.54 Å². The zero-order valence-electron chi connectivity index (χ0n) is 9.10. The first kappa shape index (κ1) is 13.2. The molecule has 0 aliphatic carbocycles. The van der Waals surface area contributed by atoms with E-state index in [0.717, 1.165) is 13.1 Å². The van der Waals surface area contributed by atoms with Gasteiger partial charge in [-0.15, -0.1) is 0 Å². The first-order chi connectivity index (χ1) is 7.38. The zero-order valence-corrected chi connectivity index (χ0v) is 9.10. The molecule has 0 spiro atoms. The monoisotopic (exact) mass is 239 g/mol. The van der Waals surface area contributed by atoms with Crippen molar-refractivity contribution in [3.8, 4) is 0 Å². The largest absolute Gasteiger partial charge is 0.405 e. The van der Waals surface area contributed by atoms with Gasteiger partial charge in [-0.1, -0.05) is 0 Å². The normalized spacial score (nSPS) is 23.1. The van der Waals surface area contributed by atoms with Crippen LogP contribution in [0.1, 0.15) is 6.92 Å². The Labute approximate surface area is 92.2 Å². The van der Waals surface area contributed by atoms with E-state index in [0.29, 0.717) is 6.54 Å². The highest BCUT2D eigenvalue weighted by atomic mass is 19.4. The van der Waals surface area contributed by atoms with Gasteiger partial charge in [0, 0.05) is 25.7 Å². The number of carbonyl (C=O) groups excluding carboxylic acids is 1. The molecular formula is C9H16F3N3O. The number of nitrogens with one attached hydrogen (secondary N) is 2. The molecule has 1 fully saturated rings. The van der Waals surface area contributed by atoms with Gasteiger partial charge in [-0.2, -0.15) is 13.2 Å². The van der Waals surface area contributed by atoms with Crippen molar-refractivity contribution in [2.45, 2.75) is 19.1 Å². The van der Waals surface area contributed by atoms with Crippen molar-refractivity contribution in [1.82, 2.24) is 15.5 Å². The highest BCUT2D eigenvalue weighted by molar-refractivity contribution is 5.78. The molecule has 1 unspecified atom stereocenters. The van der Waals surface area contributed by atoms with Crippen LogP contribution in [0.25, 0.3) is 0 Å². The lowest BCUT2D eigenvalue weighted by Gasteiger charge is -2.33. The van der Waals surface area contributed by atoms with E-state index in [9.17, 15) is 18.0 Å². The Kier molecular flexibility index (Phi) is 4.55. The number of nitrogens with zero attached hydrogens (tertiary/aromatic N) is 1. The van der Waals surface area contributed by atoms with Gasteiger partial charge >= 0.3 is 6.18 Å². The number of rotatable bonds is 3. The van der Waals surface area contributed by atoms with Gasteiger partial charge in [0.05, 0.1) is 6.54 Å². The SMILES string of the molecule is CC1CNCCN1CC(=O)NCC(F)(F)F. The summed E-state index contributed by atoms with van der Waals surface area (Å²) in [7, 11) is 0. The Balaban J connectivity index is 2.28. The molecule has 2 N–H and O–H groups in total. The molecule has 7 heteroatoms. The van der Waals surface area contributed by atoms with E-state index < -0.39 is 18.6 Å². The second-order valence-electron chi connectivity index (χ2n) is 3.92. The number of carbonyl (C=O) groups is 1. The molecule has 16 heavy (non-hydrogen) atoms. The fourth-order valence-electron chi connectivity index (χ4n) is 1.56. The summed E-state index contributed by atoms with van der Waals surface area (Å²) in [6.07, 6.45) is -4.34. The second-order valence-corrected chi connectivity index (χ2v) is 3.92. The summed E-state index contributed by atoms with van der Waals surface area (Å²) in [5.41, 5.74) is 0. The molecule has 0 aromatic carbocycles. The van der Waals surface area contributed by atoms with Crippen LogP contribution in [0.15, 0.2) is 0 Å². The van der Waals surface area contributed by atoms with Crippen LogP contribution in [0.3, 0.4) is 0 Å². The number of hydrogen-bond acceptors (Lipinski definition) is 3. The maximum atomic E-state index is 11.8. The third-order valence-corrected chi connectivity index (χ3v) is 2.47. The van der Waals surface area contributed by atoms with E-state index in [2.05, 4.69) is 5.32 Å². The highest BCUT2D eigenvalue weighted by Gasteiger charge is 2.28. The molecule has 0 aromatic rings. The van der Waals surface area contributed by atoms with Crippen LogP contribution in [0.5, 0.6) is 0 Å². The molecule has 1 aliphatic rings. The molecular weight excluding hydrogens is 223 g/mol. The minimum absolute atomic E-state index is 0.0267. The molecule has 0 radical (unpaired) electrons. The van der Waals surface area contributed by atoms with E-state index in [1.807, 2.05) is 17.1 Å². The summed E-state index contributed by atoms with van der Waals surface area (Å²) < 4.78 is 35.5.